The van der Waals surface area contributed by atoms with Crippen LogP contribution >= 0.6 is 0 Å². The van der Waals surface area contributed by atoms with Crippen LogP contribution in [-0.2, 0) is 9.53 Å². The lowest BCUT2D eigenvalue weighted by molar-refractivity contribution is -0.143. The summed E-state index contributed by atoms with van der Waals surface area (Å²) < 4.78 is 4.91. The van der Waals surface area contributed by atoms with E-state index in [0.717, 1.165) is 18.8 Å². The van der Waals surface area contributed by atoms with E-state index in [1.807, 2.05) is 6.92 Å². The summed E-state index contributed by atoms with van der Waals surface area (Å²) in [6.07, 6.45) is 12.8. The molecule has 0 unspecified atom stereocenters. The van der Waals surface area contributed by atoms with Gasteiger partial charge >= 0.3 is 5.97 Å². The van der Waals surface area contributed by atoms with Gasteiger partial charge in [-0.25, -0.2) is 0 Å². The minimum atomic E-state index is -0.0413. The van der Waals surface area contributed by atoms with Crippen molar-refractivity contribution in [1.29, 1.82) is 0 Å². The van der Waals surface area contributed by atoms with Gasteiger partial charge in [-0.05, 0) is 46.0 Å². The number of hydrogen-bond acceptors (Lipinski definition) is 2. The number of ether oxygens (including phenoxy) is 1. The first kappa shape index (κ1) is 19.2. The third-order valence-electron chi connectivity index (χ3n) is 3.60. The van der Waals surface area contributed by atoms with Crippen molar-refractivity contribution in [1.82, 2.24) is 0 Å². The summed E-state index contributed by atoms with van der Waals surface area (Å²) in [4.78, 5) is 11.1. The Morgan fingerprint density at radius 2 is 1.70 bits per heavy atom. The molecule has 1 atom stereocenters. The van der Waals surface area contributed by atoms with E-state index in [4.69, 9.17) is 4.74 Å². The number of allylic oxidation sites excluding steroid dienone is 2. The lowest BCUT2D eigenvalue weighted by atomic mass is 9.97. The van der Waals surface area contributed by atoms with Crippen molar-refractivity contribution in [2.45, 2.75) is 85.5 Å². The minimum Gasteiger partial charge on any atom is -0.466 e. The van der Waals surface area contributed by atoms with E-state index in [0.29, 0.717) is 13.0 Å². The van der Waals surface area contributed by atoms with Crippen LogP contribution in [0.3, 0.4) is 0 Å². The first-order valence-corrected chi connectivity index (χ1v) is 8.35. The number of carbonyl (C=O) groups excluding carboxylic acids is 1. The van der Waals surface area contributed by atoms with E-state index in [9.17, 15) is 4.79 Å². The molecule has 20 heavy (non-hydrogen) atoms. The molecule has 0 heterocycles. The Labute approximate surface area is 126 Å². The number of rotatable bonds is 12. The fourth-order valence-corrected chi connectivity index (χ4v) is 2.33. The molecule has 0 bridgehead atoms. The second kappa shape index (κ2) is 13.2. The van der Waals surface area contributed by atoms with Crippen molar-refractivity contribution >= 4 is 5.97 Å². The van der Waals surface area contributed by atoms with E-state index in [-0.39, 0.29) is 5.97 Å². The summed E-state index contributed by atoms with van der Waals surface area (Å²) in [6, 6.07) is 0. The average Bonchev–Trinajstić information content (AvgIpc) is 2.37. The number of esters is 1. The molecular weight excluding hydrogens is 248 g/mol. The highest BCUT2D eigenvalue weighted by molar-refractivity contribution is 5.69. The van der Waals surface area contributed by atoms with E-state index in [1.165, 1.54) is 44.1 Å². The summed E-state index contributed by atoms with van der Waals surface area (Å²) in [5.74, 6) is 0.797. The maximum atomic E-state index is 11.1. The summed E-state index contributed by atoms with van der Waals surface area (Å²) in [5, 5.41) is 0. The molecule has 0 aliphatic heterocycles. The average molecular weight is 282 g/mol. The predicted octanol–water partition coefficient (Wildman–Crippen LogP) is 5.66. The molecule has 2 nitrogen and oxygen atoms in total. The van der Waals surface area contributed by atoms with Crippen LogP contribution in [0.4, 0.5) is 0 Å². The van der Waals surface area contributed by atoms with Crippen molar-refractivity contribution in [3.63, 3.8) is 0 Å². The smallest absolute Gasteiger partial charge is 0.305 e. The summed E-state index contributed by atoms with van der Waals surface area (Å²) in [7, 11) is 0. The normalized spacial score (nSPS) is 12.0. The SMILES string of the molecule is CCOC(=O)CCCCCCC[C@H](C)CCC=C(C)C. The number of carbonyl (C=O) groups is 1. The Morgan fingerprint density at radius 3 is 2.35 bits per heavy atom. The highest BCUT2D eigenvalue weighted by atomic mass is 16.5. The van der Waals surface area contributed by atoms with Crippen molar-refractivity contribution in [2.24, 2.45) is 5.92 Å². The lowest BCUT2D eigenvalue weighted by Gasteiger charge is -2.09. The van der Waals surface area contributed by atoms with Crippen LogP contribution in [0.1, 0.15) is 85.5 Å². The zero-order valence-corrected chi connectivity index (χ0v) is 14.0. The third-order valence-corrected chi connectivity index (χ3v) is 3.60. The molecule has 0 spiro atoms. The second-order valence-corrected chi connectivity index (χ2v) is 6.08. The molecule has 0 aromatic rings. The molecule has 0 N–H and O–H groups in total. The van der Waals surface area contributed by atoms with Crippen molar-refractivity contribution in [2.75, 3.05) is 6.61 Å². The Bertz CT molecular complexity index is 265. The van der Waals surface area contributed by atoms with Crippen LogP contribution in [-0.4, -0.2) is 12.6 Å². The molecule has 118 valence electrons. The fraction of sp³-hybridized carbons (Fsp3) is 0.833. The maximum absolute atomic E-state index is 11.1. The highest BCUT2D eigenvalue weighted by Gasteiger charge is 2.02. The molecule has 0 fully saturated rings. The van der Waals surface area contributed by atoms with Gasteiger partial charge in [0.15, 0.2) is 0 Å². The quantitative estimate of drug-likeness (QED) is 0.262. The van der Waals surface area contributed by atoms with Gasteiger partial charge in [0, 0.05) is 6.42 Å². The van der Waals surface area contributed by atoms with Gasteiger partial charge < -0.3 is 4.74 Å². The predicted molar refractivity (Wildman–Crippen MR) is 86.8 cm³/mol. The Morgan fingerprint density at radius 1 is 1.05 bits per heavy atom. The van der Waals surface area contributed by atoms with Gasteiger partial charge in [0.1, 0.15) is 0 Å². The van der Waals surface area contributed by atoms with Crippen molar-refractivity contribution in [3.05, 3.63) is 11.6 Å². The standard InChI is InChI=1S/C18H34O2/c1-5-20-18(19)15-10-8-6-7-9-13-17(4)14-11-12-16(2)3/h12,17H,5-11,13-15H2,1-4H3/t17-/m0/s1. The van der Waals surface area contributed by atoms with Crippen LogP contribution in [0, 0.1) is 5.92 Å². The van der Waals surface area contributed by atoms with E-state index < -0.39 is 0 Å². The van der Waals surface area contributed by atoms with Crippen LogP contribution in [0.2, 0.25) is 0 Å². The molecule has 0 aliphatic carbocycles. The van der Waals surface area contributed by atoms with Crippen LogP contribution in [0.5, 0.6) is 0 Å². The van der Waals surface area contributed by atoms with Crippen molar-refractivity contribution < 1.29 is 9.53 Å². The third kappa shape index (κ3) is 13.6. The fourth-order valence-electron chi connectivity index (χ4n) is 2.33. The van der Waals surface area contributed by atoms with Crippen molar-refractivity contribution in [3.8, 4) is 0 Å². The first-order valence-electron chi connectivity index (χ1n) is 8.35. The van der Waals surface area contributed by atoms with E-state index in [2.05, 4.69) is 26.8 Å². The molecule has 0 rings (SSSR count). The van der Waals surface area contributed by atoms with Crippen LogP contribution in [0.15, 0.2) is 11.6 Å². The van der Waals surface area contributed by atoms with Gasteiger partial charge in [-0.1, -0.05) is 50.7 Å². The van der Waals surface area contributed by atoms with Gasteiger partial charge in [-0.15, -0.1) is 0 Å². The Kier molecular flexibility index (Phi) is 12.7. The molecule has 0 saturated carbocycles. The summed E-state index contributed by atoms with van der Waals surface area (Å²) in [6.45, 7) is 9.06. The summed E-state index contributed by atoms with van der Waals surface area (Å²) in [5.41, 5.74) is 1.43. The molecule has 2 heteroatoms. The van der Waals surface area contributed by atoms with E-state index in [1.54, 1.807) is 0 Å². The Balaban J connectivity index is 3.31. The first-order chi connectivity index (χ1) is 9.56. The van der Waals surface area contributed by atoms with Gasteiger partial charge in [0.05, 0.1) is 6.61 Å². The summed E-state index contributed by atoms with van der Waals surface area (Å²) >= 11 is 0. The van der Waals surface area contributed by atoms with Gasteiger partial charge in [0.2, 0.25) is 0 Å². The topological polar surface area (TPSA) is 26.3 Å². The second-order valence-electron chi connectivity index (χ2n) is 6.08. The number of hydrogen-bond donors (Lipinski definition) is 0. The van der Waals surface area contributed by atoms with E-state index >= 15 is 0 Å². The monoisotopic (exact) mass is 282 g/mol. The molecule has 0 aromatic carbocycles. The van der Waals surface area contributed by atoms with Gasteiger partial charge in [0.25, 0.3) is 0 Å². The van der Waals surface area contributed by atoms with Crippen LogP contribution < -0.4 is 0 Å². The number of unbranched alkanes of at least 4 members (excludes halogenated alkanes) is 4. The van der Waals surface area contributed by atoms with Gasteiger partial charge in [-0.2, -0.15) is 0 Å². The largest absolute Gasteiger partial charge is 0.466 e. The molecule has 0 radical (unpaired) electrons. The molecular formula is C18H34O2. The van der Waals surface area contributed by atoms with Crippen LogP contribution in [0.25, 0.3) is 0 Å². The molecule has 0 saturated heterocycles. The lowest BCUT2D eigenvalue weighted by Crippen LogP contribution is -2.03. The minimum absolute atomic E-state index is 0.0413. The molecule has 0 amide bonds. The molecule has 0 aliphatic rings. The molecule has 0 aromatic heterocycles. The highest BCUT2D eigenvalue weighted by Crippen LogP contribution is 2.17. The van der Waals surface area contributed by atoms with Gasteiger partial charge in [-0.3, -0.25) is 4.79 Å². The Hall–Kier alpha value is -0.790. The maximum Gasteiger partial charge on any atom is 0.305 e. The zero-order chi connectivity index (χ0) is 15.2. The zero-order valence-electron chi connectivity index (χ0n) is 14.0.